The summed E-state index contributed by atoms with van der Waals surface area (Å²) in [5.41, 5.74) is 6.90. The molecule has 0 fully saturated rings. The Balaban J connectivity index is 0.000000373. The van der Waals surface area contributed by atoms with Crippen molar-refractivity contribution in [1.29, 1.82) is 0 Å². The first kappa shape index (κ1) is 28.5. The van der Waals surface area contributed by atoms with E-state index in [1.807, 2.05) is 62.5 Å². The molecular weight excluding hydrogens is 613 g/mol. The van der Waals surface area contributed by atoms with Crippen molar-refractivity contribution in [3.05, 3.63) is 96.7 Å². The van der Waals surface area contributed by atoms with Crippen LogP contribution >= 0.6 is 0 Å². The minimum atomic E-state index is -0.319. The molecule has 0 bridgehead atoms. The maximum Gasteiger partial charge on any atom is 0.0873 e. The van der Waals surface area contributed by atoms with Crippen molar-refractivity contribution in [3.8, 4) is 33.8 Å². The Hall–Kier alpha value is -2.69. The van der Waals surface area contributed by atoms with Gasteiger partial charge in [-0.3, -0.25) is 4.98 Å². The molecule has 185 valence electrons. The number of aromatic nitrogens is 2. The number of hydrogen-bond donors (Lipinski definition) is 2. The van der Waals surface area contributed by atoms with Crippen molar-refractivity contribution in [2.24, 2.45) is 0 Å². The molecular formula is C30H33IrN2O2-. The van der Waals surface area contributed by atoms with E-state index >= 15 is 0 Å². The van der Waals surface area contributed by atoms with E-state index in [1.54, 1.807) is 0 Å². The molecule has 0 amide bonds. The van der Waals surface area contributed by atoms with Gasteiger partial charge in [0, 0.05) is 37.6 Å². The molecule has 0 saturated heterocycles. The molecule has 35 heavy (non-hydrogen) atoms. The van der Waals surface area contributed by atoms with Gasteiger partial charge < -0.3 is 15.2 Å². The molecule has 3 aromatic carbocycles. The number of aliphatic hydroxyl groups is 2. The molecule has 4 aromatic rings. The number of aliphatic hydroxyl groups excluding tert-OH is 2. The minimum Gasteiger partial charge on any atom is -0.393 e. The molecule has 1 aromatic heterocycles. The van der Waals surface area contributed by atoms with Crippen molar-refractivity contribution >= 4 is 0 Å². The molecule has 0 aliphatic rings. The topological polar surface area (TPSA) is 66.2 Å². The van der Waals surface area contributed by atoms with Crippen LogP contribution in [-0.2, 0) is 20.1 Å². The first-order chi connectivity index (χ1) is 16.5. The molecule has 5 heteroatoms. The van der Waals surface area contributed by atoms with Gasteiger partial charge in [-0.15, -0.1) is 35.9 Å². The molecule has 2 unspecified atom stereocenters. The number of hydrogen-bond acceptors (Lipinski definition) is 4. The van der Waals surface area contributed by atoms with E-state index < -0.39 is 0 Å². The number of nitrogens with zero attached hydrogens (tertiary/aromatic N) is 2. The quantitative estimate of drug-likeness (QED) is 0.225. The van der Waals surface area contributed by atoms with Gasteiger partial charge in [0.15, 0.2) is 0 Å². The normalized spacial score (nSPS) is 12.0. The van der Waals surface area contributed by atoms with Crippen LogP contribution in [0, 0.1) is 13.0 Å². The van der Waals surface area contributed by atoms with Crippen LogP contribution in [0.2, 0.25) is 0 Å². The van der Waals surface area contributed by atoms with Crippen molar-refractivity contribution in [2.45, 2.75) is 52.2 Å². The van der Waals surface area contributed by atoms with Gasteiger partial charge in [-0.1, -0.05) is 74.0 Å². The standard InChI is InChI=1S/C23H17N2.C7H16O2.Ir/c1-17-12-14-18(15-13-17)21-16-24-22(19-8-4-2-5-9-19)23(25-21)20-10-6-3-7-11-20;1-3-6(8)5-7(9)4-2;/h2-8,10-16H,1H3;6-9H,3-5H2,1-2H3;/q-1;;. The minimum absolute atomic E-state index is 0. The van der Waals surface area contributed by atoms with Gasteiger partial charge in [0.05, 0.1) is 23.6 Å². The third-order valence-corrected chi connectivity index (χ3v) is 5.62. The first-order valence-electron chi connectivity index (χ1n) is 11.8. The zero-order valence-electron chi connectivity index (χ0n) is 20.5. The summed E-state index contributed by atoms with van der Waals surface area (Å²) in [6.07, 6.45) is 3.19. The fourth-order valence-corrected chi connectivity index (χ4v) is 3.43. The maximum absolute atomic E-state index is 9.00. The molecule has 2 atom stereocenters. The van der Waals surface area contributed by atoms with Crippen LogP contribution in [0.1, 0.15) is 38.7 Å². The molecule has 0 saturated carbocycles. The molecule has 0 aliphatic carbocycles. The second-order valence-corrected chi connectivity index (χ2v) is 8.32. The zero-order chi connectivity index (χ0) is 24.3. The smallest absolute Gasteiger partial charge is 0.0873 e. The molecule has 2 N–H and O–H groups in total. The van der Waals surface area contributed by atoms with Crippen LogP contribution in [0.3, 0.4) is 0 Å². The van der Waals surface area contributed by atoms with E-state index in [0.717, 1.165) is 46.6 Å². The van der Waals surface area contributed by atoms with Crippen molar-refractivity contribution < 1.29 is 30.3 Å². The Morgan fingerprint density at radius 1 is 0.771 bits per heavy atom. The first-order valence-corrected chi connectivity index (χ1v) is 11.8. The van der Waals surface area contributed by atoms with Crippen LogP contribution in [0.5, 0.6) is 0 Å². The molecule has 0 aliphatic heterocycles. The van der Waals surface area contributed by atoms with Crippen LogP contribution in [0.4, 0.5) is 0 Å². The second-order valence-electron chi connectivity index (χ2n) is 8.32. The van der Waals surface area contributed by atoms with E-state index in [1.165, 1.54) is 5.56 Å². The average Bonchev–Trinajstić information content (AvgIpc) is 2.90. The summed E-state index contributed by atoms with van der Waals surface area (Å²) in [6, 6.07) is 29.7. The van der Waals surface area contributed by atoms with Gasteiger partial charge in [0.1, 0.15) is 0 Å². The largest absolute Gasteiger partial charge is 0.393 e. The van der Waals surface area contributed by atoms with Crippen LogP contribution in [0.25, 0.3) is 33.8 Å². The zero-order valence-corrected chi connectivity index (χ0v) is 22.9. The molecule has 4 rings (SSSR count). The number of rotatable bonds is 7. The average molecular weight is 646 g/mol. The molecule has 1 radical (unpaired) electrons. The summed E-state index contributed by atoms with van der Waals surface area (Å²) in [6.45, 7) is 5.90. The van der Waals surface area contributed by atoms with E-state index in [9.17, 15) is 0 Å². The summed E-state index contributed by atoms with van der Waals surface area (Å²) >= 11 is 0. The van der Waals surface area contributed by atoms with E-state index in [4.69, 9.17) is 20.2 Å². The Bertz CT molecular complexity index is 1130. The molecule has 0 spiro atoms. The molecule has 4 nitrogen and oxygen atoms in total. The predicted molar refractivity (Wildman–Crippen MR) is 139 cm³/mol. The summed E-state index contributed by atoms with van der Waals surface area (Å²) < 4.78 is 0. The van der Waals surface area contributed by atoms with Gasteiger partial charge in [0.25, 0.3) is 0 Å². The Labute approximate surface area is 222 Å². The van der Waals surface area contributed by atoms with Gasteiger partial charge >= 0.3 is 0 Å². The van der Waals surface area contributed by atoms with Crippen LogP contribution in [-0.4, -0.2) is 32.4 Å². The monoisotopic (exact) mass is 646 g/mol. The summed E-state index contributed by atoms with van der Waals surface area (Å²) in [4.78, 5) is 9.67. The summed E-state index contributed by atoms with van der Waals surface area (Å²) in [7, 11) is 0. The van der Waals surface area contributed by atoms with Gasteiger partial charge in [-0.2, -0.15) is 0 Å². The Morgan fingerprint density at radius 2 is 1.40 bits per heavy atom. The van der Waals surface area contributed by atoms with Crippen molar-refractivity contribution in [2.75, 3.05) is 0 Å². The van der Waals surface area contributed by atoms with Crippen LogP contribution < -0.4 is 0 Å². The number of aryl methyl sites for hydroxylation is 1. The Morgan fingerprint density at radius 3 is 1.97 bits per heavy atom. The van der Waals surface area contributed by atoms with E-state index in [2.05, 4.69) is 49.4 Å². The summed E-state index contributed by atoms with van der Waals surface area (Å²) in [5.74, 6) is 0. The van der Waals surface area contributed by atoms with Gasteiger partial charge in [-0.05, 0) is 31.7 Å². The van der Waals surface area contributed by atoms with E-state index in [0.29, 0.717) is 6.42 Å². The molecule has 1 heterocycles. The van der Waals surface area contributed by atoms with Gasteiger partial charge in [0.2, 0.25) is 0 Å². The van der Waals surface area contributed by atoms with E-state index in [-0.39, 0.29) is 32.3 Å². The predicted octanol–water partition coefficient (Wildman–Crippen LogP) is 6.50. The fraction of sp³-hybridized carbons (Fsp3) is 0.267. The van der Waals surface area contributed by atoms with Gasteiger partial charge in [-0.25, -0.2) is 0 Å². The van der Waals surface area contributed by atoms with Crippen LogP contribution in [0.15, 0.2) is 85.1 Å². The fourth-order valence-electron chi connectivity index (χ4n) is 3.43. The Kier molecular flexibility index (Phi) is 11.9. The van der Waals surface area contributed by atoms with Crippen molar-refractivity contribution in [1.82, 2.24) is 9.97 Å². The third-order valence-electron chi connectivity index (χ3n) is 5.62. The number of benzene rings is 3. The SMILES string of the molecule is CCC(O)CC(O)CC.Cc1ccc(-c2cnc(-c3[c-]cccc3)c(-c3ccccc3)n2)cc1.[Ir]. The third kappa shape index (κ3) is 8.48. The van der Waals surface area contributed by atoms with Crippen molar-refractivity contribution in [3.63, 3.8) is 0 Å². The summed E-state index contributed by atoms with van der Waals surface area (Å²) in [5, 5.41) is 18.0. The second kappa shape index (κ2) is 14.6. The maximum atomic E-state index is 9.00.